The van der Waals surface area contributed by atoms with Gasteiger partial charge in [-0.05, 0) is 37.1 Å². The van der Waals surface area contributed by atoms with Gasteiger partial charge < -0.3 is 15.4 Å². The van der Waals surface area contributed by atoms with Crippen LogP contribution in [0.25, 0.3) is 0 Å². The Balaban J connectivity index is 2.29. The Bertz CT molecular complexity index is 572. The molecule has 24 heavy (non-hydrogen) atoms. The molecule has 0 heterocycles. The van der Waals surface area contributed by atoms with E-state index in [0.29, 0.717) is 23.0 Å². The number of nitrogens with one attached hydrogen (secondary N) is 2. The lowest BCUT2D eigenvalue weighted by atomic mass is 10.2. The molecule has 0 radical (unpaired) electrons. The highest BCUT2D eigenvalue weighted by Gasteiger charge is 2.17. The first-order chi connectivity index (χ1) is 11.3. The molecule has 1 rings (SSSR count). The number of carbonyl (C=O) groups is 3. The van der Waals surface area contributed by atoms with Crippen LogP contribution >= 0.6 is 11.6 Å². The summed E-state index contributed by atoms with van der Waals surface area (Å²) in [6, 6.07) is 6.42. The summed E-state index contributed by atoms with van der Waals surface area (Å²) in [5.74, 6) is -0.858. The van der Waals surface area contributed by atoms with Gasteiger partial charge in [-0.2, -0.15) is 0 Å². The standard InChI is InChI=1S/C17H23ClN2O4/c1-11(2)10-20-16(22)12(3)24-15(21)8-9-19-17(23)13-4-6-14(18)7-5-13/h4-7,11-12H,8-10H2,1-3H3,(H,19,23)(H,20,22)/t12-/m0/s1. The first-order valence-corrected chi connectivity index (χ1v) is 8.18. The maximum Gasteiger partial charge on any atom is 0.308 e. The van der Waals surface area contributed by atoms with E-state index in [1.54, 1.807) is 24.3 Å². The second-order valence-corrected chi connectivity index (χ2v) is 6.22. The van der Waals surface area contributed by atoms with Crippen LogP contribution in [0.15, 0.2) is 24.3 Å². The summed E-state index contributed by atoms with van der Waals surface area (Å²) < 4.78 is 5.03. The molecule has 0 spiro atoms. The Morgan fingerprint density at radius 2 is 1.71 bits per heavy atom. The molecule has 0 aromatic heterocycles. The Morgan fingerprint density at radius 3 is 2.29 bits per heavy atom. The van der Waals surface area contributed by atoms with E-state index in [-0.39, 0.29) is 24.8 Å². The van der Waals surface area contributed by atoms with Gasteiger partial charge in [0.1, 0.15) is 0 Å². The van der Waals surface area contributed by atoms with Crippen molar-refractivity contribution in [1.29, 1.82) is 0 Å². The lowest BCUT2D eigenvalue weighted by molar-refractivity contribution is -0.154. The molecule has 0 saturated carbocycles. The average Bonchev–Trinajstić information content (AvgIpc) is 2.52. The van der Waals surface area contributed by atoms with E-state index in [0.717, 1.165) is 0 Å². The minimum Gasteiger partial charge on any atom is -0.452 e. The molecule has 1 aromatic carbocycles. The monoisotopic (exact) mass is 354 g/mol. The van der Waals surface area contributed by atoms with E-state index in [9.17, 15) is 14.4 Å². The van der Waals surface area contributed by atoms with Gasteiger partial charge in [0.15, 0.2) is 6.10 Å². The van der Waals surface area contributed by atoms with Gasteiger partial charge in [0.2, 0.25) is 0 Å². The van der Waals surface area contributed by atoms with E-state index in [1.165, 1.54) is 6.92 Å². The van der Waals surface area contributed by atoms with E-state index in [1.807, 2.05) is 13.8 Å². The molecule has 1 aromatic rings. The van der Waals surface area contributed by atoms with Crippen LogP contribution in [0.4, 0.5) is 0 Å². The molecule has 2 amide bonds. The topological polar surface area (TPSA) is 84.5 Å². The van der Waals surface area contributed by atoms with Gasteiger partial charge in [-0.25, -0.2) is 0 Å². The van der Waals surface area contributed by atoms with E-state index < -0.39 is 12.1 Å². The van der Waals surface area contributed by atoms with E-state index in [4.69, 9.17) is 16.3 Å². The zero-order chi connectivity index (χ0) is 18.1. The summed E-state index contributed by atoms with van der Waals surface area (Å²) in [6.45, 7) is 6.11. The van der Waals surface area contributed by atoms with Crippen molar-refractivity contribution >= 4 is 29.4 Å². The van der Waals surface area contributed by atoms with Gasteiger partial charge in [-0.3, -0.25) is 14.4 Å². The molecule has 0 aliphatic rings. The first kappa shape index (κ1) is 20.0. The molecule has 6 nitrogen and oxygen atoms in total. The summed E-state index contributed by atoms with van der Waals surface area (Å²) in [7, 11) is 0. The Labute approximate surface area is 146 Å². The summed E-state index contributed by atoms with van der Waals surface area (Å²) in [5, 5.41) is 5.84. The summed E-state index contributed by atoms with van der Waals surface area (Å²) in [6.07, 6.45) is -0.871. The maximum absolute atomic E-state index is 11.8. The van der Waals surface area contributed by atoms with Crippen LogP contribution in [0.1, 0.15) is 37.6 Å². The van der Waals surface area contributed by atoms with Crippen LogP contribution in [-0.4, -0.2) is 37.0 Å². The van der Waals surface area contributed by atoms with Gasteiger partial charge in [0.25, 0.3) is 11.8 Å². The highest BCUT2D eigenvalue weighted by atomic mass is 35.5. The number of rotatable bonds is 8. The molecule has 0 saturated heterocycles. The molecule has 0 unspecified atom stereocenters. The van der Waals surface area contributed by atoms with Crippen molar-refractivity contribution in [2.75, 3.05) is 13.1 Å². The highest BCUT2D eigenvalue weighted by molar-refractivity contribution is 6.30. The van der Waals surface area contributed by atoms with E-state index >= 15 is 0 Å². The van der Waals surface area contributed by atoms with Crippen LogP contribution in [0.3, 0.4) is 0 Å². The van der Waals surface area contributed by atoms with Crippen molar-refractivity contribution < 1.29 is 19.1 Å². The number of hydrogen-bond donors (Lipinski definition) is 2. The number of halogens is 1. The van der Waals surface area contributed by atoms with Gasteiger partial charge in [0, 0.05) is 23.7 Å². The number of hydrogen-bond acceptors (Lipinski definition) is 4. The molecule has 7 heteroatoms. The summed E-state index contributed by atoms with van der Waals surface area (Å²) >= 11 is 5.75. The summed E-state index contributed by atoms with van der Waals surface area (Å²) in [5.41, 5.74) is 0.453. The SMILES string of the molecule is CC(C)CNC(=O)[C@H](C)OC(=O)CCNC(=O)c1ccc(Cl)cc1. The zero-order valence-corrected chi connectivity index (χ0v) is 14.9. The minimum absolute atomic E-state index is 0.0128. The third kappa shape index (κ3) is 7.46. The van der Waals surface area contributed by atoms with Crippen LogP contribution in [0, 0.1) is 5.92 Å². The largest absolute Gasteiger partial charge is 0.452 e. The fraction of sp³-hybridized carbons (Fsp3) is 0.471. The van der Waals surface area contributed by atoms with Crippen molar-refractivity contribution in [1.82, 2.24) is 10.6 Å². The fourth-order valence-electron chi connectivity index (χ4n) is 1.74. The minimum atomic E-state index is -0.858. The van der Waals surface area contributed by atoms with Crippen molar-refractivity contribution in [2.45, 2.75) is 33.3 Å². The van der Waals surface area contributed by atoms with Crippen molar-refractivity contribution in [2.24, 2.45) is 5.92 Å². The Kier molecular flexibility index (Phi) is 8.26. The van der Waals surface area contributed by atoms with Gasteiger partial charge in [-0.1, -0.05) is 25.4 Å². The molecule has 1 atom stereocenters. The Morgan fingerprint density at radius 1 is 1.08 bits per heavy atom. The normalized spacial score (nSPS) is 11.7. The second-order valence-electron chi connectivity index (χ2n) is 5.78. The Hall–Kier alpha value is -2.08. The second kappa shape index (κ2) is 9.93. The lowest BCUT2D eigenvalue weighted by Crippen LogP contribution is -2.38. The molecule has 132 valence electrons. The smallest absolute Gasteiger partial charge is 0.308 e. The van der Waals surface area contributed by atoms with Crippen LogP contribution in [0.2, 0.25) is 5.02 Å². The van der Waals surface area contributed by atoms with Gasteiger partial charge >= 0.3 is 5.97 Å². The fourth-order valence-corrected chi connectivity index (χ4v) is 1.87. The first-order valence-electron chi connectivity index (χ1n) is 7.80. The molecular weight excluding hydrogens is 332 g/mol. The third-order valence-corrected chi connectivity index (χ3v) is 3.34. The highest BCUT2D eigenvalue weighted by Crippen LogP contribution is 2.09. The predicted molar refractivity (Wildman–Crippen MR) is 91.8 cm³/mol. The van der Waals surface area contributed by atoms with Crippen LogP contribution < -0.4 is 10.6 Å². The molecule has 0 bridgehead atoms. The number of benzene rings is 1. The lowest BCUT2D eigenvalue weighted by Gasteiger charge is -2.14. The number of ether oxygens (including phenoxy) is 1. The average molecular weight is 355 g/mol. The number of carbonyl (C=O) groups excluding carboxylic acids is 3. The summed E-state index contributed by atoms with van der Waals surface area (Å²) in [4.78, 5) is 35.2. The van der Waals surface area contributed by atoms with Gasteiger partial charge in [0.05, 0.1) is 6.42 Å². The number of esters is 1. The quantitative estimate of drug-likeness (QED) is 0.701. The van der Waals surface area contributed by atoms with Crippen LogP contribution in [-0.2, 0) is 14.3 Å². The van der Waals surface area contributed by atoms with Crippen molar-refractivity contribution in [3.63, 3.8) is 0 Å². The molecule has 0 aliphatic carbocycles. The van der Waals surface area contributed by atoms with Crippen molar-refractivity contribution in [3.05, 3.63) is 34.9 Å². The predicted octanol–water partition coefficient (Wildman–Crippen LogP) is 2.16. The molecule has 0 fully saturated rings. The van der Waals surface area contributed by atoms with Crippen molar-refractivity contribution in [3.8, 4) is 0 Å². The molecule has 2 N–H and O–H groups in total. The van der Waals surface area contributed by atoms with Crippen LogP contribution in [0.5, 0.6) is 0 Å². The zero-order valence-electron chi connectivity index (χ0n) is 14.1. The van der Waals surface area contributed by atoms with E-state index in [2.05, 4.69) is 10.6 Å². The molecular formula is C17H23ClN2O4. The maximum atomic E-state index is 11.8. The number of amides is 2. The van der Waals surface area contributed by atoms with Gasteiger partial charge in [-0.15, -0.1) is 0 Å². The molecule has 0 aliphatic heterocycles. The third-order valence-electron chi connectivity index (χ3n) is 3.08.